The molecule has 0 unspecified atom stereocenters. The van der Waals surface area contributed by atoms with Crippen LogP contribution in [0.15, 0.2) is 48.5 Å². The van der Waals surface area contributed by atoms with Crippen LogP contribution in [-0.4, -0.2) is 30.3 Å². The number of anilines is 1. The maximum Gasteiger partial charge on any atom is 0.338 e. The van der Waals surface area contributed by atoms with Gasteiger partial charge in [0.2, 0.25) is 11.7 Å². The highest BCUT2D eigenvalue weighted by atomic mass is 19.1. The van der Waals surface area contributed by atoms with Gasteiger partial charge in [0.1, 0.15) is 5.82 Å². The van der Waals surface area contributed by atoms with E-state index >= 15 is 0 Å². The number of Topliss-reactive ketones (excluding diaryl/α,β-unsaturated/α-hetero) is 1. The van der Waals surface area contributed by atoms with Crippen molar-refractivity contribution in [1.29, 1.82) is 0 Å². The van der Waals surface area contributed by atoms with Crippen molar-refractivity contribution in [2.24, 2.45) is 0 Å². The van der Waals surface area contributed by atoms with E-state index in [1.54, 1.807) is 29.2 Å². The molecule has 0 saturated carbocycles. The Morgan fingerprint density at radius 1 is 1.12 bits per heavy atom. The fourth-order valence-electron chi connectivity index (χ4n) is 2.85. The molecule has 5 nitrogen and oxygen atoms in total. The van der Waals surface area contributed by atoms with Crippen LogP contribution in [0.3, 0.4) is 0 Å². The van der Waals surface area contributed by atoms with Crippen molar-refractivity contribution in [2.75, 3.05) is 11.4 Å². The molecule has 0 bridgehead atoms. The van der Waals surface area contributed by atoms with Gasteiger partial charge in [0.25, 0.3) is 0 Å². The molecular formula is C20H18FNO4. The summed E-state index contributed by atoms with van der Waals surface area (Å²) in [5.74, 6) is -1.49. The molecule has 6 heteroatoms. The van der Waals surface area contributed by atoms with Crippen molar-refractivity contribution in [3.8, 4) is 0 Å². The fraction of sp³-hybridized carbons (Fsp3) is 0.250. The van der Waals surface area contributed by atoms with E-state index in [2.05, 4.69) is 0 Å². The zero-order valence-electron chi connectivity index (χ0n) is 14.3. The predicted octanol–water partition coefficient (Wildman–Crippen LogP) is 3.38. The van der Waals surface area contributed by atoms with Gasteiger partial charge in [0.05, 0.1) is 5.56 Å². The van der Waals surface area contributed by atoms with Crippen LogP contribution in [0.2, 0.25) is 0 Å². The number of amides is 1. The lowest BCUT2D eigenvalue weighted by Crippen LogP contribution is -2.25. The smallest absolute Gasteiger partial charge is 0.338 e. The summed E-state index contributed by atoms with van der Waals surface area (Å²) in [6, 6.07) is 11.6. The third-order valence-corrected chi connectivity index (χ3v) is 4.25. The van der Waals surface area contributed by atoms with Crippen LogP contribution in [0, 0.1) is 5.82 Å². The summed E-state index contributed by atoms with van der Waals surface area (Å²) < 4.78 is 18.2. The molecule has 1 amide bonds. The Hall–Kier alpha value is -3.02. The summed E-state index contributed by atoms with van der Waals surface area (Å²) in [7, 11) is 0. The molecule has 0 radical (unpaired) electrons. The van der Waals surface area contributed by atoms with Crippen LogP contribution in [0.5, 0.6) is 0 Å². The van der Waals surface area contributed by atoms with Crippen LogP contribution in [0.25, 0.3) is 0 Å². The topological polar surface area (TPSA) is 63.7 Å². The van der Waals surface area contributed by atoms with Gasteiger partial charge in [-0.1, -0.05) is 6.07 Å². The molecule has 0 spiro atoms. The quantitative estimate of drug-likeness (QED) is 0.609. The van der Waals surface area contributed by atoms with Gasteiger partial charge in [-0.2, -0.15) is 0 Å². The maximum atomic E-state index is 13.0. The van der Waals surface area contributed by atoms with Crippen LogP contribution in [-0.2, 0) is 9.53 Å². The van der Waals surface area contributed by atoms with Crippen LogP contribution in [0.1, 0.15) is 40.5 Å². The molecule has 0 N–H and O–H groups in total. The van der Waals surface area contributed by atoms with Gasteiger partial charge < -0.3 is 9.64 Å². The molecule has 0 aromatic heterocycles. The van der Waals surface area contributed by atoms with Gasteiger partial charge in [0, 0.05) is 24.2 Å². The molecule has 1 fully saturated rings. The molecule has 2 aromatic rings. The first kappa shape index (κ1) is 17.8. The number of benzene rings is 2. The van der Waals surface area contributed by atoms with E-state index in [0.717, 1.165) is 6.42 Å². The number of nitrogens with zero attached hydrogens (tertiary/aromatic N) is 1. The second kappa shape index (κ2) is 7.47. The zero-order chi connectivity index (χ0) is 18.7. The molecule has 1 aliphatic rings. The molecule has 134 valence electrons. The third-order valence-electron chi connectivity index (χ3n) is 4.25. The van der Waals surface area contributed by atoms with E-state index in [4.69, 9.17) is 4.74 Å². The Morgan fingerprint density at radius 3 is 2.50 bits per heavy atom. The Labute approximate surface area is 150 Å². The molecule has 2 aromatic carbocycles. The van der Waals surface area contributed by atoms with Crippen LogP contribution >= 0.6 is 0 Å². The first-order chi connectivity index (χ1) is 12.5. The minimum absolute atomic E-state index is 0.0235. The molecule has 3 rings (SSSR count). The number of carbonyl (C=O) groups excluding carboxylic acids is 3. The zero-order valence-corrected chi connectivity index (χ0v) is 14.3. The summed E-state index contributed by atoms with van der Waals surface area (Å²) in [5, 5.41) is 0. The number of hydrogen-bond acceptors (Lipinski definition) is 4. The van der Waals surface area contributed by atoms with Gasteiger partial charge >= 0.3 is 5.97 Å². The molecule has 1 heterocycles. The molecular weight excluding hydrogens is 337 g/mol. The van der Waals surface area contributed by atoms with Crippen LogP contribution in [0.4, 0.5) is 10.1 Å². The van der Waals surface area contributed by atoms with E-state index in [-0.39, 0.29) is 17.0 Å². The predicted molar refractivity (Wildman–Crippen MR) is 93.6 cm³/mol. The molecule has 1 aliphatic heterocycles. The van der Waals surface area contributed by atoms with Crippen molar-refractivity contribution in [3.63, 3.8) is 0 Å². The fourth-order valence-corrected chi connectivity index (χ4v) is 2.85. The van der Waals surface area contributed by atoms with E-state index in [0.29, 0.717) is 18.7 Å². The Kier molecular flexibility index (Phi) is 5.11. The van der Waals surface area contributed by atoms with Gasteiger partial charge in [-0.25, -0.2) is 9.18 Å². The lowest BCUT2D eigenvalue weighted by atomic mass is 10.1. The lowest BCUT2D eigenvalue weighted by molar-refractivity contribution is -0.117. The van der Waals surface area contributed by atoms with Gasteiger partial charge in [-0.05, 0) is 55.8 Å². The average Bonchev–Trinajstić information content (AvgIpc) is 3.07. The number of halogens is 1. The van der Waals surface area contributed by atoms with Crippen LogP contribution < -0.4 is 4.90 Å². The van der Waals surface area contributed by atoms with E-state index < -0.39 is 23.7 Å². The highest BCUT2D eigenvalue weighted by Gasteiger charge is 2.24. The molecule has 26 heavy (non-hydrogen) atoms. The maximum absolute atomic E-state index is 13.0. The minimum atomic E-state index is -1.01. The molecule has 1 saturated heterocycles. The van der Waals surface area contributed by atoms with E-state index in [1.165, 1.54) is 31.2 Å². The minimum Gasteiger partial charge on any atom is -0.451 e. The largest absolute Gasteiger partial charge is 0.451 e. The Morgan fingerprint density at radius 2 is 1.85 bits per heavy atom. The van der Waals surface area contributed by atoms with Gasteiger partial charge in [0.15, 0.2) is 6.10 Å². The second-order valence-electron chi connectivity index (χ2n) is 6.12. The van der Waals surface area contributed by atoms with Crippen molar-refractivity contribution in [1.82, 2.24) is 0 Å². The summed E-state index contributed by atoms with van der Waals surface area (Å²) in [4.78, 5) is 38.1. The second-order valence-corrected chi connectivity index (χ2v) is 6.12. The average molecular weight is 355 g/mol. The van der Waals surface area contributed by atoms with Crippen molar-refractivity contribution < 1.29 is 23.5 Å². The van der Waals surface area contributed by atoms with E-state index in [9.17, 15) is 18.8 Å². The highest BCUT2D eigenvalue weighted by molar-refractivity contribution is 6.02. The summed E-state index contributed by atoms with van der Waals surface area (Å²) >= 11 is 0. The summed E-state index contributed by atoms with van der Waals surface area (Å²) in [6.45, 7) is 2.09. The van der Waals surface area contributed by atoms with Crippen molar-refractivity contribution in [3.05, 3.63) is 65.5 Å². The number of esters is 1. The number of carbonyl (C=O) groups is 3. The third kappa shape index (κ3) is 3.79. The Bertz CT molecular complexity index is 847. The first-order valence-electron chi connectivity index (χ1n) is 8.37. The molecule has 1 atom stereocenters. The standard InChI is InChI=1S/C20H18FNO4/c1-13(19(24)14-7-9-16(21)10-8-14)26-20(25)15-4-2-5-17(12-15)22-11-3-6-18(22)23/h2,4-5,7-10,12-13H,3,6,11H2,1H3/t13-/m1/s1. The molecule has 0 aliphatic carbocycles. The number of rotatable bonds is 5. The van der Waals surface area contributed by atoms with Gasteiger partial charge in [-0.15, -0.1) is 0 Å². The lowest BCUT2D eigenvalue weighted by Gasteiger charge is -2.17. The summed E-state index contributed by atoms with van der Waals surface area (Å²) in [6.07, 6.45) is 0.277. The summed E-state index contributed by atoms with van der Waals surface area (Å²) in [5.41, 5.74) is 1.17. The van der Waals surface area contributed by atoms with Gasteiger partial charge in [-0.3, -0.25) is 9.59 Å². The highest BCUT2D eigenvalue weighted by Crippen LogP contribution is 2.23. The Balaban J connectivity index is 1.70. The number of hydrogen-bond donors (Lipinski definition) is 0. The number of ether oxygens (including phenoxy) is 1. The van der Waals surface area contributed by atoms with Crippen molar-refractivity contribution in [2.45, 2.75) is 25.9 Å². The van der Waals surface area contributed by atoms with Crippen molar-refractivity contribution >= 4 is 23.3 Å². The SMILES string of the molecule is C[C@@H](OC(=O)c1cccc(N2CCCC2=O)c1)C(=O)c1ccc(F)cc1. The first-order valence-corrected chi connectivity index (χ1v) is 8.37. The monoisotopic (exact) mass is 355 g/mol. The van der Waals surface area contributed by atoms with E-state index in [1.807, 2.05) is 0 Å². The normalized spacial score (nSPS) is 15.0. The number of ketones is 1.